The van der Waals surface area contributed by atoms with Crippen molar-refractivity contribution in [2.75, 3.05) is 0 Å². The van der Waals surface area contributed by atoms with Gasteiger partial charge in [-0.2, -0.15) is 5.10 Å². The van der Waals surface area contributed by atoms with Crippen molar-refractivity contribution in [1.29, 1.82) is 0 Å². The number of aromatic nitrogens is 2. The molecule has 0 spiro atoms. The van der Waals surface area contributed by atoms with Crippen LogP contribution in [0.15, 0.2) is 18.2 Å². The van der Waals surface area contributed by atoms with Crippen LogP contribution in [0.5, 0.6) is 0 Å². The largest absolute Gasteiger partial charge is 0.310 e. The Labute approximate surface area is 122 Å². The van der Waals surface area contributed by atoms with Crippen LogP contribution in [-0.4, -0.2) is 15.8 Å². The number of nitrogens with zero attached hydrogens (tertiary/aromatic N) is 2. The molecule has 0 atom stereocenters. The first kappa shape index (κ1) is 14.8. The average molecular weight is 271 g/mol. The van der Waals surface area contributed by atoms with E-state index in [1.807, 2.05) is 11.7 Å². The number of hydrogen-bond acceptors (Lipinski definition) is 2. The summed E-state index contributed by atoms with van der Waals surface area (Å²) in [6, 6.07) is 7.21. The lowest BCUT2D eigenvalue weighted by atomic mass is 9.96. The second-order valence-corrected chi connectivity index (χ2v) is 5.85. The Balaban J connectivity index is 2.42. The summed E-state index contributed by atoms with van der Waals surface area (Å²) in [4.78, 5) is 0. The van der Waals surface area contributed by atoms with Crippen molar-refractivity contribution in [2.45, 2.75) is 47.2 Å². The van der Waals surface area contributed by atoms with E-state index >= 15 is 0 Å². The quantitative estimate of drug-likeness (QED) is 0.922. The van der Waals surface area contributed by atoms with Gasteiger partial charge in [0.1, 0.15) is 0 Å². The first-order valence-electron chi connectivity index (χ1n) is 7.23. The Morgan fingerprint density at radius 1 is 1.20 bits per heavy atom. The van der Waals surface area contributed by atoms with E-state index in [2.05, 4.69) is 63.2 Å². The van der Waals surface area contributed by atoms with E-state index in [4.69, 9.17) is 0 Å². The summed E-state index contributed by atoms with van der Waals surface area (Å²) in [5, 5.41) is 8.01. The molecule has 108 valence electrons. The van der Waals surface area contributed by atoms with Crippen molar-refractivity contribution in [2.24, 2.45) is 7.05 Å². The summed E-state index contributed by atoms with van der Waals surface area (Å²) in [6.07, 6.45) is 0. The third-order valence-corrected chi connectivity index (χ3v) is 3.79. The van der Waals surface area contributed by atoms with Crippen molar-refractivity contribution in [3.8, 4) is 11.1 Å². The molecule has 0 aliphatic carbocycles. The van der Waals surface area contributed by atoms with Crippen molar-refractivity contribution < 1.29 is 0 Å². The van der Waals surface area contributed by atoms with Gasteiger partial charge in [-0.05, 0) is 43.5 Å². The molecule has 0 bridgehead atoms. The molecule has 2 aromatic rings. The molecule has 3 heteroatoms. The van der Waals surface area contributed by atoms with Gasteiger partial charge in [-0.3, -0.25) is 4.68 Å². The minimum absolute atomic E-state index is 0.501. The van der Waals surface area contributed by atoms with Crippen LogP contribution in [0.2, 0.25) is 0 Å². The molecule has 1 heterocycles. The zero-order valence-electron chi connectivity index (χ0n) is 13.4. The van der Waals surface area contributed by atoms with Crippen LogP contribution in [0.3, 0.4) is 0 Å². The van der Waals surface area contributed by atoms with Gasteiger partial charge in [0.15, 0.2) is 0 Å². The van der Waals surface area contributed by atoms with Gasteiger partial charge >= 0.3 is 0 Å². The molecule has 0 amide bonds. The second-order valence-electron chi connectivity index (χ2n) is 5.85. The summed E-state index contributed by atoms with van der Waals surface area (Å²) in [5.41, 5.74) is 7.52. The van der Waals surface area contributed by atoms with E-state index < -0.39 is 0 Å². The van der Waals surface area contributed by atoms with Gasteiger partial charge in [-0.25, -0.2) is 0 Å². The maximum absolute atomic E-state index is 4.53. The van der Waals surface area contributed by atoms with Crippen molar-refractivity contribution in [3.63, 3.8) is 0 Å². The zero-order valence-corrected chi connectivity index (χ0v) is 13.4. The fourth-order valence-electron chi connectivity index (χ4n) is 2.53. The van der Waals surface area contributed by atoms with Gasteiger partial charge in [0.05, 0.1) is 5.69 Å². The summed E-state index contributed by atoms with van der Waals surface area (Å²) in [6.45, 7) is 11.6. The highest BCUT2D eigenvalue weighted by Gasteiger charge is 2.14. The summed E-state index contributed by atoms with van der Waals surface area (Å²) < 4.78 is 1.96. The highest BCUT2D eigenvalue weighted by atomic mass is 15.3. The fourth-order valence-corrected chi connectivity index (χ4v) is 2.53. The van der Waals surface area contributed by atoms with Crippen LogP contribution >= 0.6 is 0 Å². The van der Waals surface area contributed by atoms with Crippen molar-refractivity contribution >= 4 is 0 Å². The summed E-state index contributed by atoms with van der Waals surface area (Å²) in [5.74, 6) is 0. The molecule has 0 saturated carbocycles. The standard InChI is InChI=1S/C17H25N3/c1-11(2)18-10-15-8-7-12(3)16(9-15)17-13(4)19-20(6)14(17)5/h7-9,11,18H,10H2,1-6H3. The first-order chi connectivity index (χ1) is 9.40. The number of hydrogen-bond donors (Lipinski definition) is 1. The van der Waals surface area contributed by atoms with E-state index in [-0.39, 0.29) is 0 Å². The molecule has 1 aromatic carbocycles. The predicted molar refractivity (Wildman–Crippen MR) is 84.8 cm³/mol. The van der Waals surface area contributed by atoms with Gasteiger partial charge in [-0.15, -0.1) is 0 Å². The molecule has 1 N–H and O–H groups in total. The minimum atomic E-state index is 0.501. The van der Waals surface area contributed by atoms with Crippen LogP contribution in [-0.2, 0) is 13.6 Å². The third kappa shape index (κ3) is 2.93. The molecule has 0 aliphatic rings. The molecule has 0 aliphatic heterocycles. The number of aryl methyl sites for hydroxylation is 3. The zero-order chi connectivity index (χ0) is 14.9. The van der Waals surface area contributed by atoms with E-state index in [0.29, 0.717) is 6.04 Å². The van der Waals surface area contributed by atoms with Gasteiger partial charge in [-0.1, -0.05) is 26.0 Å². The van der Waals surface area contributed by atoms with E-state index in [0.717, 1.165) is 12.2 Å². The smallest absolute Gasteiger partial charge is 0.0674 e. The average Bonchev–Trinajstić information content (AvgIpc) is 2.63. The van der Waals surface area contributed by atoms with E-state index in [9.17, 15) is 0 Å². The Bertz CT molecular complexity index is 609. The van der Waals surface area contributed by atoms with Crippen LogP contribution in [0.4, 0.5) is 0 Å². The predicted octanol–water partition coefficient (Wildman–Crippen LogP) is 3.51. The third-order valence-electron chi connectivity index (χ3n) is 3.79. The van der Waals surface area contributed by atoms with E-state index in [1.54, 1.807) is 0 Å². The van der Waals surface area contributed by atoms with Crippen LogP contribution < -0.4 is 5.32 Å². The van der Waals surface area contributed by atoms with E-state index in [1.165, 1.54) is 27.9 Å². The topological polar surface area (TPSA) is 29.9 Å². The minimum Gasteiger partial charge on any atom is -0.310 e. The Morgan fingerprint density at radius 2 is 1.90 bits per heavy atom. The molecule has 3 nitrogen and oxygen atoms in total. The van der Waals surface area contributed by atoms with Crippen molar-refractivity contribution in [1.82, 2.24) is 15.1 Å². The highest BCUT2D eigenvalue weighted by Crippen LogP contribution is 2.30. The summed E-state index contributed by atoms with van der Waals surface area (Å²) in [7, 11) is 2.01. The normalized spacial score (nSPS) is 11.3. The Morgan fingerprint density at radius 3 is 2.45 bits per heavy atom. The summed E-state index contributed by atoms with van der Waals surface area (Å²) >= 11 is 0. The monoisotopic (exact) mass is 271 g/mol. The molecule has 1 aromatic heterocycles. The van der Waals surface area contributed by atoms with Gasteiger partial charge in [0, 0.05) is 30.9 Å². The molecule has 0 radical (unpaired) electrons. The second kappa shape index (κ2) is 5.80. The van der Waals surface area contributed by atoms with Gasteiger partial charge < -0.3 is 5.32 Å². The Kier molecular flexibility index (Phi) is 4.29. The molecular weight excluding hydrogens is 246 g/mol. The SMILES string of the molecule is Cc1ccc(CNC(C)C)cc1-c1c(C)nn(C)c1C. The van der Waals surface area contributed by atoms with Gasteiger partial charge in [0.25, 0.3) is 0 Å². The molecule has 0 saturated heterocycles. The number of rotatable bonds is 4. The first-order valence-corrected chi connectivity index (χ1v) is 7.23. The number of nitrogens with one attached hydrogen (secondary N) is 1. The maximum Gasteiger partial charge on any atom is 0.0674 e. The lowest BCUT2D eigenvalue weighted by molar-refractivity contribution is 0.589. The molecular formula is C17H25N3. The lowest BCUT2D eigenvalue weighted by Gasteiger charge is -2.12. The number of benzene rings is 1. The molecule has 2 rings (SSSR count). The molecule has 0 fully saturated rings. The van der Waals surface area contributed by atoms with Gasteiger partial charge in [0.2, 0.25) is 0 Å². The van der Waals surface area contributed by atoms with Crippen molar-refractivity contribution in [3.05, 3.63) is 40.7 Å². The molecule has 20 heavy (non-hydrogen) atoms. The van der Waals surface area contributed by atoms with Crippen LogP contribution in [0.1, 0.15) is 36.4 Å². The van der Waals surface area contributed by atoms with Crippen LogP contribution in [0, 0.1) is 20.8 Å². The fraction of sp³-hybridized carbons (Fsp3) is 0.471. The molecule has 0 unspecified atom stereocenters. The maximum atomic E-state index is 4.53. The lowest BCUT2D eigenvalue weighted by Crippen LogP contribution is -2.21. The Hall–Kier alpha value is -1.61. The van der Waals surface area contributed by atoms with Crippen LogP contribution in [0.25, 0.3) is 11.1 Å². The highest BCUT2D eigenvalue weighted by molar-refractivity contribution is 5.72.